The molecule has 9 nitrogen and oxygen atoms in total. The smallest absolute Gasteiger partial charge is 0.336 e. The second kappa shape index (κ2) is 9.27. The van der Waals surface area contributed by atoms with Gasteiger partial charge in [-0.15, -0.1) is 0 Å². The molecule has 5 rings (SSSR count). The average Bonchev–Trinajstić information content (AvgIpc) is 3.28. The van der Waals surface area contributed by atoms with Gasteiger partial charge in [0.2, 0.25) is 11.5 Å². The van der Waals surface area contributed by atoms with Crippen molar-refractivity contribution in [2.45, 2.75) is 6.54 Å². The lowest BCUT2D eigenvalue weighted by molar-refractivity contribution is -0.116. The predicted molar refractivity (Wildman–Crippen MR) is 137 cm³/mol. The number of aromatic nitrogens is 2. The molecule has 0 aliphatic heterocycles. The molecule has 0 bridgehead atoms. The molecule has 0 unspecified atom stereocenters. The van der Waals surface area contributed by atoms with Crippen LogP contribution in [0.3, 0.4) is 0 Å². The zero-order valence-corrected chi connectivity index (χ0v) is 20.0. The minimum absolute atomic E-state index is 0.0411. The van der Waals surface area contributed by atoms with Gasteiger partial charge < -0.3 is 19.2 Å². The molecule has 0 aliphatic rings. The van der Waals surface area contributed by atoms with Crippen LogP contribution in [0.5, 0.6) is 11.5 Å². The lowest BCUT2D eigenvalue weighted by Crippen LogP contribution is -2.40. The summed E-state index contributed by atoms with van der Waals surface area (Å²) in [5.74, 6) is 0.441. The Labute approximate surface area is 209 Å². The van der Waals surface area contributed by atoms with Crippen molar-refractivity contribution in [3.63, 3.8) is 0 Å². The van der Waals surface area contributed by atoms with Crippen LogP contribution in [0.4, 0.5) is 5.69 Å². The summed E-state index contributed by atoms with van der Waals surface area (Å²) in [6, 6.07) is 18.1. The number of nitrogens with one attached hydrogen (secondary N) is 1. The van der Waals surface area contributed by atoms with Crippen molar-refractivity contribution in [1.82, 2.24) is 9.13 Å². The van der Waals surface area contributed by atoms with Crippen molar-refractivity contribution >= 4 is 45.3 Å². The zero-order chi connectivity index (χ0) is 25.4. The van der Waals surface area contributed by atoms with Crippen molar-refractivity contribution in [3.05, 3.63) is 92.6 Å². The van der Waals surface area contributed by atoms with E-state index in [0.717, 1.165) is 4.57 Å². The summed E-state index contributed by atoms with van der Waals surface area (Å²) in [5.41, 5.74) is -0.0225. The molecule has 2 heterocycles. The fourth-order valence-electron chi connectivity index (χ4n) is 4.05. The molecule has 10 heteroatoms. The molecule has 0 radical (unpaired) electrons. The number of carbonyl (C=O) groups excluding carboxylic acids is 1. The summed E-state index contributed by atoms with van der Waals surface area (Å²) in [4.78, 5) is 40.2. The summed E-state index contributed by atoms with van der Waals surface area (Å²) in [5, 5.41) is 3.75. The SMILES string of the molecule is COc1ccc(NC(=O)Cn2c(=O)n(-c3ccc(Cl)cc3)c(=O)c3oc4ccccc4c32)c(OC)c1. The van der Waals surface area contributed by atoms with Gasteiger partial charge >= 0.3 is 11.2 Å². The Bertz CT molecular complexity index is 1730. The van der Waals surface area contributed by atoms with Crippen LogP contribution >= 0.6 is 11.6 Å². The molecule has 0 aliphatic carbocycles. The van der Waals surface area contributed by atoms with E-state index in [1.54, 1.807) is 66.7 Å². The van der Waals surface area contributed by atoms with Gasteiger partial charge in [-0.2, -0.15) is 0 Å². The number of fused-ring (bicyclic) bond motifs is 3. The predicted octanol–water partition coefficient (Wildman–Crippen LogP) is 4.21. The van der Waals surface area contributed by atoms with Crippen molar-refractivity contribution < 1.29 is 18.7 Å². The Morgan fingerprint density at radius 1 is 1.00 bits per heavy atom. The van der Waals surface area contributed by atoms with Crippen LogP contribution in [0, 0.1) is 0 Å². The largest absolute Gasteiger partial charge is 0.497 e. The van der Waals surface area contributed by atoms with Crippen molar-refractivity contribution in [1.29, 1.82) is 0 Å². The van der Waals surface area contributed by atoms with E-state index >= 15 is 0 Å². The fraction of sp³-hybridized carbons (Fsp3) is 0.115. The normalized spacial score (nSPS) is 11.1. The summed E-state index contributed by atoms with van der Waals surface area (Å²) in [7, 11) is 2.99. The van der Waals surface area contributed by atoms with Gasteiger partial charge in [0.05, 0.1) is 25.6 Å². The maximum absolute atomic E-state index is 13.7. The quantitative estimate of drug-likeness (QED) is 0.371. The van der Waals surface area contributed by atoms with E-state index in [4.69, 9.17) is 25.5 Å². The Morgan fingerprint density at radius 2 is 1.75 bits per heavy atom. The second-order valence-electron chi connectivity index (χ2n) is 7.88. The number of nitrogens with zero attached hydrogens (tertiary/aromatic N) is 2. The molecule has 3 aromatic carbocycles. The molecule has 1 N–H and O–H groups in total. The summed E-state index contributed by atoms with van der Waals surface area (Å²) in [6.07, 6.45) is 0. The first kappa shape index (κ1) is 23.3. The number of hydrogen-bond acceptors (Lipinski definition) is 6. The number of benzene rings is 3. The number of amides is 1. The lowest BCUT2D eigenvalue weighted by atomic mass is 10.2. The van der Waals surface area contributed by atoms with E-state index in [0.29, 0.717) is 38.9 Å². The summed E-state index contributed by atoms with van der Waals surface area (Å²) < 4.78 is 18.6. The van der Waals surface area contributed by atoms with E-state index in [1.165, 1.54) is 18.8 Å². The highest BCUT2D eigenvalue weighted by Crippen LogP contribution is 2.29. The summed E-state index contributed by atoms with van der Waals surface area (Å²) >= 11 is 5.99. The maximum Gasteiger partial charge on any atom is 0.336 e. The number of para-hydroxylation sites is 1. The minimum Gasteiger partial charge on any atom is -0.497 e. The second-order valence-corrected chi connectivity index (χ2v) is 8.31. The molecule has 2 aromatic heterocycles. The van der Waals surface area contributed by atoms with E-state index in [9.17, 15) is 14.4 Å². The minimum atomic E-state index is -0.696. The molecule has 0 spiro atoms. The van der Waals surface area contributed by atoms with Gasteiger partial charge in [-0.3, -0.25) is 14.2 Å². The number of hydrogen-bond donors (Lipinski definition) is 1. The molecule has 0 fully saturated rings. The van der Waals surface area contributed by atoms with Gasteiger partial charge in [0.25, 0.3) is 0 Å². The Morgan fingerprint density at radius 3 is 2.47 bits per heavy atom. The molecular weight excluding hydrogens is 486 g/mol. The molecule has 0 atom stereocenters. The lowest BCUT2D eigenvalue weighted by Gasteiger charge is -2.14. The van der Waals surface area contributed by atoms with Crippen LogP contribution in [0.1, 0.15) is 0 Å². The van der Waals surface area contributed by atoms with Gasteiger partial charge in [0.15, 0.2) is 0 Å². The van der Waals surface area contributed by atoms with Crippen LogP contribution < -0.4 is 26.0 Å². The number of furan rings is 1. The van der Waals surface area contributed by atoms with E-state index < -0.39 is 17.2 Å². The topological polar surface area (TPSA) is 105 Å². The average molecular weight is 506 g/mol. The highest BCUT2D eigenvalue weighted by molar-refractivity contribution is 6.30. The molecule has 36 heavy (non-hydrogen) atoms. The maximum atomic E-state index is 13.7. The number of ether oxygens (including phenoxy) is 2. The van der Waals surface area contributed by atoms with Crippen LogP contribution in [0.15, 0.2) is 80.7 Å². The van der Waals surface area contributed by atoms with E-state index in [2.05, 4.69) is 5.32 Å². The number of methoxy groups -OCH3 is 2. The molecule has 5 aromatic rings. The Balaban J connectivity index is 1.66. The van der Waals surface area contributed by atoms with Gasteiger partial charge in [-0.05, 0) is 48.5 Å². The van der Waals surface area contributed by atoms with Crippen LogP contribution in [0.25, 0.3) is 27.8 Å². The third-order valence-electron chi connectivity index (χ3n) is 5.73. The summed E-state index contributed by atoms with van der Waals surface area (Å²) in [6.45, 7) is -0.387. The number of rotatable bonds is 6. The van der Waals surface area contributed by atoms with Crippen molar-refractivity contribution in [2.24, 2.45) is 0 Å². The molecule has 1 amide bonds. The van der Waals surface area contributed by atoms with Gasteiger partial charge in [-0.1, -0.05) is 23.7 Å². The molecular formula is C26H20ClN3O6. The number of halogens is 1. The van der Waals surface area contributed by atoms with Gasteiger partial charge in [-0.25, -0.2) is 9.36 Å². The highest BCUT2D eigenvalue weighted by atomic mass is 35.5. The highest BCUT2D eigenvalue weighted by Gasteiger charge is 2.22. The molecule has 0 saturated heterocycles. The monoisotopic (exact) mass is 505 g/mol. The standard InChI is InChI=1S/C26H20ClN3O6/c1-34-17-11-12-19(21(13-17)35-2)28-22(31)14-29-23-18-5-3-4-6-20(18)36-24(23)25(32)30(26(29)33)16-9-7-15(27)8-10-16/h3-13H,14H2,1-2H3,(H,28,31). The van der Waals surface area contributed by atoms with Gasteiger partial charge in [0, 0.05) is 16.5 Å². The first-order valence-corrected chi connectivity index (χ1v) is 11.2. The first-order valence-electron chi connectivity index (χ1n) is 10.9. The number of carbonyl (C=O) groups is 1. The third-order valence-corrected chi connectivity index (χ3v) is 5.98. The zero-order valence-electron chi connectivity index (χ0n) is 19.3. The third kappa shape index (κ3) is 3.99. The Kier molecular flexibility index (Phi) is 5.99. The van der Waals surface area contributed by atoms with Crippen LogP contribution in [0.2, 0.25) is 5.02 Å². The van der Waals surface area contributed by atoms with Crippen LogP contribution in [-0.2, 0) is 11.3 Å². The molecule has 0 saturated carbocycles. The van der Waals surface area contributed by atoms with E-state index in [-0.39, 0.29) is 17.6 Å². The molecule has 182 valence electrons. The van der Waals surface area contributed by atoms with E-state index in [1.807, 2.05) is 0 Å². The Hall–Kier alpha value is -4.50. The van der Waals surface area contributed by atoms with Gasteiger partial charge in [0.1, 0.15) is 29.1 Å². The fourth-order valence-corrected chi connectivity index (χ4v) is 4.18. The van der Waals surface area contributed by atoms with Crippen LogP contribution in [-0.4, -0.2) is 29.3 Å². The first-order chi connectivity index (χ1) is 17.4. The van der Waals surface area contributed by atoms with Crippen molar-refractivity contribution in [3.8, 4) is 17.2 Å². The number of anilines is 1. The van der Waals surface area contributed by atoms with Crippen molar-refractivity contribution in [2.75, 3.05) is 19.5 Å².